The maximum Gasteiger partial charge on any atom is 0.302 e. The van der Waals surface area contributed by atoms with Crippen molar-refractivity contribution in [2.75, 3.05) is 13.2 Å². The van der Waals surface area contributed by atoms with E-state index in [9.17, 15) is 4.79 Å². The van der Waals surface area contributed by atoms with Gasteiger partial charge in [-0.3, -0.25) is 4.79 Å². The molecule has 0 radical (unpaired) electrons. The highest BCUT2D eigenvalue weighted by Crippen LogP contribution is 2.63. The van der Waals surface area contributed by atoms with Gasteiger partial charge < -0.3 is 14.2 Å². The molecule has 24 heavy (non-hydrogen) atoms. The van der Waals surface area contributed by atoms with Gasteiger partial charge in [-0.25, -0.2) is 0 Å². The van der Waals surface area contributed by atoms with E-state index in [1.54, 1.807) is 0 Å². The highest BCUT2D eigenvalue weighted by molar-refractivity contribution is 5.65. The summed E-state index contributed by atoms with van der Waals surface area (Å²) in [6.07, 6.45) is 1.02. The van der Waals surface area contributed by atoms with Crippen LogP contribution in [0.15, 0.2) is 24.3 Å². The van der Waals surface area contributed by atoms with E-state index in [4.69, 9.17) is 14.2 Å². The molecular weight excluding hydrogens is 304 g/mol. The minimum atomic E-state index is -0.238. The molecule has 1 aliphatic carbocycles. The molecule has 1 aromatic rings. The molecule has 4 nitrogen and oxygen atoms in total. The van der Waals surface area contributed by atoms with Crippen molar-refractivity contribution in [2.45, 2.75) is 45.8 Å². The van der Waals surface area contributed by atoms with Crippen molar-refractivity contribution in [1.82, 2.24) is 0 Å². The quantitative estimate of drug-likeness (QED) is 0.775. The third kappa shape index (κ3) is 2.05. The van der Waals surface area contributed by atoms with Crippen LogP contribution in [0.2, 0.25) is 0 Å². The zero-order valence-electron chi connectivity index (χ0n) is 14.9. The van der Waals surface area contributed by atoms with E-state index < -0.39 is 0 Å². The lowest BCUT2D eigenvalue weighted by Crippen LogP contribution is -2.66. The molecule has 3 aliphatic rings. The maximum atomic E-state index is 11.4. The maximum absolute atomic E-state index is 11.4. The zero-order chi connectivity index (χ0) is 17.1. The van der Waals surface area contributed by atoms with Crippen molar-refractivity contribution < 1.29 is 19.0 Å². The molecule has 2 fully saturated rings. The van der Waals surface area contributed by atoms with E-state index in [1.165, 1.54) is 6.92 Å². The third-order valence-electron chi connectivity index (χ3n) is 6.81. The van der Waals surface area contributed by atoms with Crippen molar-refractivity contribution in [2.24, 2.45) is 23.2 Å². The van der Waals surface area contributed by atoms with Crippen molar-refractivity contribution in [3.8, 4) is 5.75 Å². The van der Waals surface area contributed by atoms with E-state index in [0.717, 1.165) is 17.7 Å². The second kappa shape index (κ2) is 5.22. The number of hydrogen-bond acceptors (Lipinski definition) is 4. The molecular formula is C20H26O4. The highest BCUT2D eigenvalue weighted by Gasteiger charge is 2.64. The molecule has 2 heterocycles. The number of carbonyl (C=O) groups excluding carboxylic acids is 1. The Kier molecular flexibility index (Phi) is 3.47. The Morgan fingerprint density at radius 1 is 1.33 bits per heavy atom. The van der Waals surface area contributed by atoms with Gasteiger partial charge in [-0.2, -0.15) is 0 Å². The number of carbonyl (C=O) groups is 1. The van der Waals surface area contributed by atoms with Crippen LogP contribution in [-0.4, -0.2) is 24.8 Å². The molecule has 0 unspecified atom stereocenters. The highest BCUT2D eigenvalue weighted by atomic mass is 16.5. The van der Waals surface area contributed by atoms with Crippen LogP contribution >= 0.6 is 0 Å². The first-order chi connectivity index (χ1) is 11.4. The van der Waals surface area contributed by atoms with Gasteiger partial charge in [0.25, 0.3) is 0 Å². The van der Waals surface area contributed by atoms with Crippen molar-refractivity contribution in [1.29, 1.82) is 0 Å². The second-order valence-corrected chi connectivity index (χ2v) is 8.12. The first kappa shape index (κ1) is 15.9. The minimum Gasteiger partial charge on any atom is -0.487 e. The Balaban J connectivity index is 1.76. The number of ether oxygens (including phenoxy) is 3. The summed E-state index contributed by atoms with van der Waals surface area (Å²) < 4.78 is 18.4. The van der Waals surface area contributed by atoms with Crippen LogP contribution in [0.3, 0.4) is 0 Å². The van der Waals surface area contributed by atoms with Crippen molar-refractivity contribution in [3.05, 3.63) is 29.8 Å². The van der Waals surface area contributed by atoms with Gasteiger partial charge in [0.05, 0.1) is 19.3 Å². The summed E-state index contributed by atoms with van der Waals surface area (Å²) >= 11 is 0. The zero-order valence-corrected chi connectivity index (χ0v) is 14.9. The van der Waals surface area contributed by atoms with Crippen LogP contribution in [-0.2, 0) is 14.3 Å². The summed E-state index contributed by atoms with van der Waals surface area (Å²) in [6.45, 7) is 9.30. The number of para-hydroxylation sites is 1. The molecule has 0 aromatic heterocycles. The van der Waals surface area contributed by atoms with E-state index in [-0.39, 0.29) is 29.0 Å². The third-order valence-corrected chi connectivity index (χ3v) is 6.81. The first-order valence-corrected chi connectivity index (χ1v) is 8.90. The second-order valence-electron chi connectivity index (χ2n) is 8.12. The topological polar surface area (TPSA) is 44.8 Å². The summed E-state index contributed by atoms with van der Waals surface area (Å²) in [4.78, 5) is 11.4. The number of benzene rings is 1. The van der Waals surface area contributed by atoms with Gasteiger partial charge in [0.15, 0.2) is 0 Å². The van der Waals surface area contributed by atoms with Gasteiger partial charge in [-0.05, 0) is 31.2 Å². The molecule has 130 valence electrons. The Morgan fingerprint density at radius 2 is 2.08 bits per heavy atom. The van der Waals surface area contributed by atoms with Crippen LogP contribution in [0.1, 0.15) is 45.8 Å². The summed E-state index contributed by atoms with van der Waals surface area (Å²) in [5.74, 6) is 1.73. The molecule has 0 amide bonds. The molecule has 1 saturated carbocycles. The largest absolute Gasteiger partial charge is 0.487 e. The fourth-order valence-corrected chi connectivity index (χ4v) is 5.49. The normalized spacial score (nSPS) is 42.7. The van der Waals surface area contributed by atoms with Gasteiger partial charge in [0.2, 0.25) is 0 Å². The van der Waals surface area contributed by atoms with Crippen LogP contribution in [0.25, 0.3) is 0 Å². The fourth-order valence-electron chi connectivity index (χ4n) is 5.49. The first-order valence-electron chi connectivity index (χ1n) is 8.90. The Morgan fingerprint density at radius 3 is 2.83 bits per heavy atom. The monoisotopic (exact) mass is 330 g/mol. The van der Waals surface area contributed by atoms with Crippen LogP contribution in [0.4, 0.5) is 0 Å². The summed E-state index contributed by atoms with van der Waals surface area (Å²) in [5, 5.41) is 0. The van der Waals surface area contributed by atoms with E-state index in [0.29, 0.717) is 25.0 Å². The SMILES string of the molecule is CC(=O)OC[C@]12CO[C@H]3c4ccccc4O[C@](C)(C[C@@H]1C)[C@H]3[C@@H]2C. The minimum absolute atomic E-state index is 0.0629. The van der Waals surface area contributed by atoms with E-state index in [1.807, 2.05) is 18.2 Å². The van der Waals surface area contributed by atoms with Crippen molar-refractivity contribution >= 4 is 5.97 Å². The molecule has 1 saturated heterocycles. The molecule has 0 spiro atoms. The summed E-state index contributed by atoms with van der Waals surface area (Å²) in [7, 11) is 0. The summed E-state index contributed by atoms with van der Waals surface area (Å²) in [6, 6.07) is 8.23. The van der Waals surface area contributed by atoms with E-state index in [2.05, 4.69) is 26.8 Å². The lowest BCUT2D eigenvalue weighted by molar-refractivity contribution is -0.261. The predicted octanol–water partition coefficient (Wildman–Crippen LogP) is 3.75. The molecule has 4 rings (SSSR count). The van der Waals surface area contributed by atoms with E-state index >= 15 is 0 Å². The fraction of sp³-hybridized carbons (Fsp3) is 0.650. The Bertz CT molecular complexity index is 671. The number of fused-ring (bicyclic) bond motifs is 3. The molecule has 2 bridgehead atoms. The lowest BCUT2D eigenvalue weighted by Gasteiger charge is -2.63. The van der Waals surface area contributed by atoms with Gasteiger partial charge in [-0.15, -0.1) is 0 Å². The van der Waals surface area contributed by atoms with Crippen LogP contribution in [0.5, 0.6) is 5.75 Å². The molecule has 2 aliphatic heterocycles. The van der Waals surface area contributed by atoms with Gasteiger partial charge >= 0.3 is 5.97 Å². The molecule has 1 aromatic carbocycles. The summed E-state index contributed by atoms with van der Waals surface area (Å²) in [5.41, 5.74) is 0.794. The number of esters is 1. The average molecular weight is 330 g/mol. The number of rotatable bonds is 2. The Labute approximate surface area is 143 Å². The van der Waals surface area contributed by atoms with Crippen LogP contribution < -0.4 is 4.74 Å². The van der Waals surface area contributed by atoms with Gasteiger partial charge in [0.1, 0.15) is 11.4 Å². The smallest absolute Gasteiger partial charge is 0.302 e. The molecule has 6 atom stereocenters. The van der Waals surface area contributed by atoms with Gasteiger partial charge in [0, 0.05) is 23.8 Å². The van der Waals surface area contributed by atoms with Crippen molar-refractivity contribution in [3.63, 3.8) is 0 Å². The number of hydrogen-bond donors (Lipinski definition) is 0. The Hall–Kier alpha value is -1.55. The molecule has 4 heteroatoms. The van der Waals surface area contributed by atoms with Crippen LogP contribution in [0, 0.1) is 23.2 Å². The average Bonchev–Trinajstić information content (AvgIpc) is 2.52. The van der Waals surface area contributed by atoms with Gasteiger partial charge in [-0.1, -0.05) is 32.0 Å². The molecule has 0 N–H and O–H groups in total. The standard InChI is InChI=1S/C20H26O4/c1-12-9-19(4)17-13(2)20(12,10-22-14(3)21)11-23-18(17)15-7-5-6-8-16(15)24-19/h5-8,12-13,17-18H,9-11H2,1-4H3/t12-,13-,17-,18-,19+,20-/m0/s1. The lowest BCUT2D eigenvalue weighted by atomic mass is 9.50. The predicted molar refractivity (Wildman–Crippen MR) is 89.7 cm³/mol.